The maximum absolute atomic E-state index is 13.0. The van der Waals surface area contributed by atoms with Crippen LogP contribution in [0.3, 0.4) is 0 Å². The quantitative estimate of drug-likeness (QED) is 0.390. The second-order valence-corrected chi connectivity index (χ2v) is 8.15. The summed E-state index contributed by atoms with van der Waals surface area (Å²) in [5.41, 5.74) is 0.831. The minimum atomic E-state index is -1.01. The van der Waals surface area contributed by atoms with Crippen LogP contribution in [0.2, 0.25) is 0 Å². The number of hydrogen-bond acceptors (Lipinski definition) is 6. The summed E-state index contributed by atoms with van der Waals surface area (Å²) in [4.78, 5) is 37.7. The fourth-order valence-corrected chi connectivity index (χ4v) is 3.14. The molecule has 1 amide bonds. The molecule has 162 valence electrons. The molecule has 0 N–H and O–H groups in total. The minimum Gasteiger partial charge on any atom is -0.451 e. The van der Waals surface area contributed by atoms with Crippen molar-refractivity contribution in [3.8, 4) is 0 Å². The van der Waals surface area contributed by atoms with Crippen LogP contribution in [0.5, 0.6) is 0 Å². The highest BCUT2D eigenvalue weighted by molar-refractivity contribution is 5.84. The van der Waals surface area contributed by atoms with Crippen molar-refractivity contribution >= 4 is 17.6 Å². The molecule has 30 heavy (non-hydrogen) atoms. The Morgan fingerprint density at radius 1 is 1.23 bits per heavy atom. The van der Waals surface area contributed by atoms with Crippen LogP contribution in [-0.4, -0.2) is 43.1 Å². The topological polar surface area (TPSA) is 108 Å². The fourth-order valence-electron chi connectivity index (χ4n) is 3.14. The number of rotatable bonds is 7. The summed E-state index contributed by atoms with van der Waals surface area (Å²) in [5.74, 6) is -1.01. The monoisotopic (exact) mass is 416 g/mol. The summed E-state index contributed by atoms with van der Waals surface area (Å²) in [6.07, 6.45) is -1.01. The van der Waals surface area contributed by atoms with E-state index in [2.05, 4.69) is 5.10 Å². The number of hydrogen-bond donors (Lipinski definition) is 0. The van der Waals surface area contributed by atoms with Crippen molar-refractivity contribution in [3.05, 3.63) is 57.4 Å². The third-order valence-electron chi connectivity index (χ3n) is 4.72. The number of carbonyl (C=O) groups is 2. The molecule has 1 aromatic heterocycles. The predicted octanol–water partition coefficient (Wildman–Crippen LogP) is 3.17. The van der Waals surface area contributed by atoms with Crippen LogP contribution >= 0.6 is 0 Å². The van der Waals surface area contributed by atoms with Crippen molar-refractivity contribution in [3.63, 3.8) is 0 Å². The first-order valence-corrected chi connectivity index (χ1v) is 9.65. The number of esters is 1. The summed E-state index contributed by atoms with van der Waals surface area (Å²) < 4.78 is 6.55. The Kier molecular flexibility index (Phi) is 6.96. The van der Waals surface area contributed by atoms with Gasteiger partial charge in [-0.25, -0.2) is 0 Å². The third kappa shape index (κ3) is 5.43. The lowest BCUT2D eigenvalue weighted by Crippen LogP contribution is -2.49. The van der Waals surface area contributed by atoms with Gasteiger partial charge in [0.25, 0.3) is 5.91 Å². The van der Waals surface area contributed by atoms with Crippen LogP contribution in [0.1, 0.15) is 44.6 Å². The van der Waals surface area contributed by atoms with E-state index in [0.29, 0.717) is 6.54 Å². The summed E-state index contributed by atoms with van der Waals surface area (Å²) in [7, 11) is 0. The third-order valence-corrected chi connectivity index (χ3v) is 4.72. The Morgan fingerprint density at radius 2 is 1.83 bits per heavy atom. The molecule has 0 saturated carbocycles. The molecule has 0 saturated heterocycles. The van der Waals surface area contributed by atoms with E-state index in [0.717, 1.165) is 5.56 Å². The number of nitro groups is 1. The van der Waals surface area contributed by atoms with E-state index in [1.807, 2.05) is 51.1 Å². The van der Waals surface area contributed by atoms with Crippen molar-refractivity contribution in [2.24, 2.45) is 0 Å². The molecule has 0 unspecified atom stereocenters. The van der Waals surface area contributed by atoms with Gasteiger partial charge in [0.15, 0.2) is 6.10 Å². The first kappa shape index (κ1) is 23.1. The summed E-state index contributed by atoms with van der Waals surface area (Å²) in [5, 5.41) is 15.1. The first-order valence-electron chi connectivity index (χ1n) is 9.65. The molecule has 2 rings (SSSR count). The van der Waals surface area contributed by atoms with E-state index in [9.17, 15) is 19.7 Å². The van der Waals surface area contributed by atoms with Crippen molar-refractivity contribution in [2.45, 2.75) is 66.3 Å². The van der Waals surface area contributed by atoms with Gasteiger partial charge in [-0.15, -0.1) is 0 Å². The smallest absolute Gasteiger partial charge is 0.328 e. The van der Waals surface area contributed by atoms with E-state index in [1.54, 1.807) is 4.90 Å². The van der Waals surface area contributed by atoms with Gasteiger partial charge in [-0.3, -0.25) is 24.4 Å². The van der Waals surface area contributed by atoms with Gasteiger partial charge in [-0.2, -0.15) is 5.10 Å². The number of benzene rings is 1. The largest absolute Gasteiger partial charge is 0.451 e. The van der Waals surface area contributed by atoms with Crippen LogP contribution in [0, 0.1) is 24.0 Å². The molecule has 1 heterocycles. The van der Waals surface area contributed by atoms with Crippen molar-refractivity contribution < 1.29 is 19.2 Å². The molecule has 1 atom stereocenters. The van der Waals surface area contributed by atoms with Crippen LogP contribution in [0.25, 0.3) is 0 Å². The second kappa shape index (κ2) is 9.06. The Balaban J connectivity index is 2.10. The highest BCUT2D eigenvalue weighted by atomic mass is 16.6. The van der Waals surface area contributed by atoms with Gasteiger partial charge >= 0.3 is 11.7 Å². The summed E-state index contributed by atoms with van der Waals surface area (Å²) >= 11 is 0. The molecule has 0 aliphatic carbocycles. The average molecular weight is 416 g/mol. The van der Waals surface area contributed by atoms with E-state index in [1.165, 1.54) is 25.5 Å². The zero-order chi connectivity index (χ0) is 22.6. The predicted molar refractivity (Wildman–Crippen MR) is 111 cm³/mol. The van der Waals surface area contributed by atoms with Crippen LogP contribution in [0.15, 0.2) is 30.3 Å². The maximum Gasteiger partial charge on any atom is 0.328 e. The molecular weight excluding hydrogens is 388 g/mol. The van der Waals surface area contributed by atoms with E-state index in [4.69, 9.17) is 4.74 Å². The van der Waals surface area contributed by atoms with Crippen LogP contribution in [0.4, 0.5) is 5.69 Å². The summed E-state index contributed by atoms with van der Waals surface area (Å²) in [6, 6.07) is 9.56. The van der Waals surface area contributed by atoms with Gasteiger partial charge in [-0.05, 0) is 47.1 Å². The molecule has 2 aromatic rings. The van der Waals surface area contributed by atoms with E-state index >= 15 is 0 Å². The second-order valence-electron chi connectivity index (χ2n) is 8.15. The minimum absolute atomic E-state index is 0.131. The van der Waals surface area contributed by atoms with Gasteiger partial charge in [0.1, 0.15) is 17.9 Å². The Morgan fingerprint density at radius 3 is 2.33 bits per heavy atom. The fraction of sp³-hybridized carbons (Fsp3) is 0.476. The van der Waals surface area contributed by atoms with Crippen molar-refractivity contribution in [2.75, 3.05) is 0 Å². The Hall–Kier alpha value is -3.23. The number of nitrogens with zero attached hydrogens (tertiary/aromatic N) is 4. The first-order chi connectivity index (χ1) is 13.9. The number of aryl methyl sites for hydroxylation is 1. The zero-order valence-corrected chi connectivity index (χ0v) is 18.2. The van der Waals surface area contributed by atoms with E-state index in [-0.39, 0.29) is 29.5 Å². The van der Waals surface area contributed by atoms with Gasteiger partial charge in [0.2, 0.25) is 0 Å². The Bertz CT molecular complexity index is 931. The molecule has 0 aliphatic rings. The Labute approximate surface area is 175 Å². The van der Waals surface area contributed by atoms with Gasteiger partial charge in [-0.1, -0.05) is 30.3 Å². The zero-order valence-electron chi connectivity index (χ0n) is 18.2. The van der Waals surface area contributed by atoms with Crippen molar-refractivity contribution in [1.29, 1.82) is 0 Å². The molecule has 0 fully saturated rings. The normalized spacial score (nSPS) is 12.3. The molecule has 1 aromatic carbocycles. The number of ether oxygens (including phenoxy) is 1. The lowest BCUT2D eigenvalue weighted by Gasteiger charge is -2.37. The number of amides is 1. The summed E-state index contributed by atoms with van der Waals surface area (Å²) in [6.45, 7) is 10.4. The highest BCUT2D eigenvalue weighted by Crippen LogP contribution is 2.22. The number of aromatic nitrogens is 2. The number of carbonyl (C=O) groups excluding carboxylic acids is 2. The molecular formula is C21H28N4O5. The molecule has 0 bridgehead atoms. The standard InChI is InChI=1S/C21H28N4O5/c1-14-19(25(28)29)15(2)24(22-14)13-18(26)30-16(3)20(27)23(21(4,5)6)12-17-10-8-7-9-11-17/h7-11,16H,12-13H2,1-6H3/t16-/m0/s1. The van der Waals surface area contributed by atoms with Gasteiger partial charge < -0.3 is 9.64 Å². The van der Waals surface area contributed by atoms with Gasteiger partial charge in [0.05, 0.1) is 4.92 Å². The average Bonchev–Trinajstić information content (AvgIpc) is 2.92. The SMILES string of the molecule is Cc1nn(CC(=O)O[C@@H](C)C(=O)N(Cc2ccccc2)C(C)(C)C)c(C)c1[N+](=O)[O-]. The van der Waals surface area contributed by atoms with Crippen LogP contribution in [-0.2, 0) is 27.4 Å². The van der Waals surface area contributed by atoms with Crippen molar-refractivity contribution in [1.82, 2.24) is 14.7 Å². The maximum atomic E-state index is 13.0. The molecule has 9 nitrogen and oxygen atoms in total. The van der Waals surface area contributed by atoms with E-state index < -0.39 is 22.5 Å². The molecule has 0 radical (unpaired) electrons. The molecule has 0 aliphatic heterocycles. The lowest BCUT2D eigenvalue weighted by molar-refractivity contribution is -0.386. The lowest BCUT2D eigenvalue weighted by atomic mass is 10.0. The van der Waals surface area contributed by atoms with Crippen LogP contribution < -0.4 is 0 Å². The van der Waals surface area contributed by atoms with Gasteiger partial charge in [0, 0.05) is 12.1 Å². The molecule has 9 heteroatoms. The highest BCUT2D eigenvalue weighted by Gasteiger charge is 2.32. The molecule has 0 spiro atoms.